The van der Waals surface area contributed by atoms with Crippen LogP contribution in [0.15, 0.2) is 54.7 Å². The second kappa shape index (κ2) is 7.41. The molecule has 1 aliphatic rings. The van der Waals surface area contributed by atoms with E-state index in [1.54, 1.807) is 6.20 Å². The van der Waals surface area contributed by atoms with Crippen molar-refractivity contribution in [2.75, 3.05) is 22.1 Å². The summed E-state index contributed by atoms with van der Waals surface area (Å²) in [6.07, 6.45) is 3.83. The standard InChI is InChI=1S/C20H20N6O/c1-14(27)22-16-8-4-9-17(12-16)23-20-24-19(13-21-25-20)26-11-5-7-15-6-2-3-10-18(15)26/h2-4,6,8-10,12-13H,5,7,11H2,1H3,(H,22,27)(H,23,24,25). The molecule has 0 atom stereocenters. The van der Waals surface area contributed by atoms with E-state index >= 15 is 0 Å². The highest BCUT2D eigenvalue weighted by molar-refractivity contribution is 5.89. The summed E-state index contributed by atoms with van der Waals surface area (Å²) >= 11 is 0. The molecule has 0 saturated heterocycles. The average molecular weight is 360 g/mol. The summed E-state index contributed by atoms with van der Waals surface area (Å²) in [5.74, 6) is 1.06. The molecule has 136 valence electrons. The molecular formula is C20H20N6O. The summed E-state index contributed by atoms with van der Waals surface area (Å²) in [4.78, 5) is 18.0. The molecule has 0 saturated carbocycles. The minimum Gasteiger partial charge on any atom is -0.326 e. The van der Waals surface area contributed by atoms with Crippen molar-refractivity contribution in [3.8, 4) is 0 Å². The fourth-order valence-corrected chi connectivity index (χ4v) is 3.26. The van der Waals surface area contributed by atoms with E-state index in [0.29, 0.717) is 11.6 Å². The number of hydrogen-bond acceptors (Lipinski definition) is 6. The first-order valence-electron chi connectivity index (χ1n) is 8.89. The van der Waals surface area contributed by atoms with Gasteiger partial charge in [0.05, 0.1) is 6.20 Å². The Bertz CT molecular complexity index is 974. The molecule has 1 amide bonds. The van der Waals surface area contributed by atoms with Crippen molar-refractivity contribution in [2.45, 2.75) is 19.8 Å². The normalized spacial score (nSPS) is 13.0. The first-order valence-corrected chi connectivity index (χ1v) is 8.89. The van der Waals surface area contributed by atoms with Crippen LogP contribution in [0.25, 0.3) is 0 Å². The van der Waals surface area contributed by atoms with Gasteiger partial charge >= 0.3 is 0 Å². The number of rotatable bonds is 4. The van der Waals surface area contributed by atoms with Crippen LogP contribution in [-0.4, -0.2) is 27.6 Å². The SMILES string of the molecule is CC(=O)Nc1cccc(Nc2nncc(N3CCCc4ccccc43)n2)c1. The van der Waals surface area contributed by atoms with Crippen LogP contribution in [0.5, 0.6) is 0 Å². The molecule has 0 unspecified atom stereocenters. The molecule has 1 aliphatic heterocycles. The number of fused-ring (bicyclic) bond motifs is 1. The summed E-state index contributed by atoms with van der Waals surface area (Å²) in [6, 6.07) is 15.8. The van der Waals surface area contributed by atoms with Crippen molar-refractivity contribution in [2.24, 2.45) is 0 Å². The van der Waals surface area contributed by atoms with Gasteiger partial charge in [0.2, 0.25) is 11.9 Å². The third-order valence-corrected chi connectivity index (χ3v) is 4.37. The number of carbonyl (C=O) groups is 1. The second-order valence-electron chi connectivity index (χ2n) is 6.41. The van der Waals surface area contributed by atoms with Crippen LogP contribution < -0.4 is 15.5 Å². The van der Waals surface area contributed by atoms with E-state index in [1.807, 2.05) is 30.3 Å². The van der Waals surface area contributed by atoms with Crippen LogP contribution in [0.4, 0.5) is 28.8 Å². The van der Waals surface area contributed by atoms with Gasteiger partial charge in [-0.05, 0) is 42.7 Å². The zero-order valence-corrected chi connectivity index (χ0v) is 15.0. The smallest absolute Gasteiger partial charge is 0.249 e. The predicted octanol–water partition coefficient (Wildman–Crippen LogP) is 3.66. The van der Waals surface area contributed by atoms with Crippen molar-refractivity contribution in [3.63, 3.8) is 0 Å². The van der Waals surface area contributed by atoms with Gasteiger partial charge in [0, 0.05) is 30.5 Å². The summed E-state index contributed by atoms with van der Waals surface area (Å²) < 4.78 is 0. The van der Waals surface area contributed by atoms with Crippen molar-refractivity contribution in [3.05, 3.63) is 60.3 Å². The molecule has 0 bridgehead atoms. The zero-order valence-electron chi connectivity index (χ0n) is 15.0. The Kier molecular flexibility index (Phi) is 4.65. The third-order valence-electron chi connectivity index (χ3n) is 4.37. The Labute approximate surface area is 157 Å². The van der Waals surface area contributed by atoms with Gasteiger partial charge in [-0.1, -0.05) is 24.3 Å². The molecular weight excluding hydrogens is 340 g/mol. The lowest BCUT2D eigenvalue weighted by molar-refractivity contribution is -0.114. The topological polar surface area (TPSA) is 83.0 Å². The third kappa shape index (κ3) is 3.87. The molecule has 0 radical (unpaired) electrons. The fraction of sp³-hybridized carbons (Fsp3) is 0.200. The summed E-state index contributed by atoms with van der Waals surface area (Å²) in [7, 11) is 0. The van der Waals surface area contributed by atoms with Crippen molar-refractivity contribution >= 4 is 34.7 Å². The Hall–Kier alpha value is -3.48. The maximum atomic E-state index is 11.2. The van der Waals surface area contributed by atoms with Crippen LogP contribution in [0.1, 0.15) is 18.9 Å². The van der Waals surface area contributed by atoms with E-state index < -0.39 is 0 Å². The molecule has 0 spiro atoms. The van der Waals surface area contributed by atoms with Gasteiger partial charge < -0.3 is 15.5 Å². The maximum absolute atomic E-state index is 11.2. The molecule has 2 aromatic carbocycles. The van der Waals surface area contributed by atoms with Gasteiger partial charge in [0.1, 0.15) is 0 Å². The number of hydrogen-bond donors (Lipinski definition) is 2. The number of benzene rings is 2. The number of aryl methyl sites for hydroxylation is 1. The fourth-order valence-electron chi connectivity index (χ4n) is 3.26. The van der Waals surface area contributed by atoms with Crippen molar-refractivity contribution < 1.29 is 4.79 Å². The minimum absolute atomic E-state index is 0.115. The molecule has 7 heteroatoms. The van der Waals surface area contributed by atoms with Gasteiger partial charge in [-0.3, -0.25) is 4.79 Å². The van der Waals surface area contributed by atoms with Crippen LogP contribution in [0.2, 0.25) is 0 Å². The molecule has 3 aromatic rings. The van der Waals surface area contributed by atoms with E-state index in [-0.39, 0.29) is 5.91 Å². The zero-order chi connectivity index (χ0) is 18.6. The molecule has 4 rings (SSSR count). The van der Waals surface area contributed by atoms with E-state index in [0.717, 1.165) is 30.9 Å². The monoisotopic (exact) mass is 360 g/mol. The van der Waals surface area contributed by atoms with Gasteiger partial charge in [-0.25, -0.2) is 0 Å². The Morgan fingerprint density at radius 1 is 1.11 bits per heavy atom. The first kappa shape index (κ1) is 17.0. The van der Waals surface area contributed by atoms with Crippen molar-refractivity contribution in [1.82, 2.24) is 15.2 Å². The van der Waals surface area contributed by atoms with Crippen LogP contribution >= 0.6 is 0 Å². The summed E-state index contributed by atoms with van der Waals surface area (Å²) in [5, 5.41) is 14.1. The quantitative estimate of drug-likeness (QED) is 0.739. The molecule has 7 nitrogen and oxygen atoms in total. The summed E-state index contributed by atoms with van der Waals surface area (Å²) in [5.41, 5.74) is 3.98. The van der Waals surface area contributed by atoms with Gasteiger partial charge in [-0.2, -0.15) is 10.1 Å². The highest BCUT2D eigenvalue weighted by Gasteiger charge is 2.19. The molecule has 0 fully saturated rings. The highest BCUT2D eigenvalue weighted by Crippen LogP contribution is 2.32. The number of nitrogens with one attached hydrogen (secondary N) is 2. The number of para-hydroxylation sites is 1. The van der Waals surface area contributed by atoms with Crippen molar-refractivity contribution in [1.29, 1.82) is 0 Å². The van der Waals surface area contributed by atoms with Crippen LogP contribution in [0, 0.1) is 0 Å². The van der Waals surface area contributed by atoms with Gasteiger partial charge in [0.25, 0.3) is 0 Å². The number of aromatic nitrogens is 3. The van der Waals surface area contributed by atoms with Crippen LogP contribution in [0.3, 0.4) is 0 Å². The lowest BCUT2D eigenvalue weighted by atomic mass is 10.0. The Morgan fingerprint density at radius 2 is 1.96 bits per heavy atom. The average Bonchev–Trinajstić information content (AvgIpc) is 2.67. The molecule has 2 N–H and O–H groups in total. The number of carbonyl (C=O) groups excluding carboxylic acids is 1. The van der Waals surface area contributed by atoms with Crippen LogP contribution in [-0.2, 0) is 11.2 Å². The maximum Gasteiger partial charge on any atom is 0.249 e. The predicted molar refractivity (Wildman–Crippen MR) is 106 cm³/mol. The lowest BCUT2D eigenvalue weighted by Gasteiger charge is -2.30. The minimum atomic E-state index is -0.115. The van der Waals surface area contributed by atoms with E-state index in [2.05, 4.69) is 48.9 Å². The van der Waals surface area contributed by atoms with E-state index in [1.165, 1.54) is 18.2 Å². The van der Waals surface area contributed by atoms with Gasteiger partial charge in [-0.15, -0.1) is 5.10 Å². The summed E-state index contributed by atoms with van der Waals surface area (Å²) in [6.45, 7) is 2.38. The largest absolute Gasteiger partial charge is 0.326 e. The van der Waals surface area contributed by atoms with E-state index in [4.69, 9.17) is 0 Å². The molecule has 0 aliphatic carbocycles. The van der Waals surface area contributed by atoms with E-state index in [9.17, 15) is 4.79 Å². The van der Waals surface area contributed by atoms with Gasteiger partial charge in [0.15, 0.2) is 5.82 Å². The number of nitrogens with zero attached hydrogens (tertiary/aromatic N) is 4. The Balaban J connectivity index is 1.58. The molecule has 2 heterocycles. The Morgan fingerprint density at radius 3 is 2.85 bits per heavy atom. The second-order valence-corrected chi connectivity index (χ2v) is 6.41. The number of anilines is 5. The highest BCUT2D eigenvalue weighted by atomic mass is 16.1. The number of amides is 1. The molecule has 27 heavy (non-hydrogen) atoms. The lowest BCUT2D eigenvalue weighted by Crippen LogP contribution is -2.25. The molecule has 1 aromatic heterocycles. The first-order chi connectivity index (χ1) is 13.2.